The van der Waals surface area contributed by atoms with Gasteiger partial charge in [0, 0.05) is 19.3 Å². The van der Waals surface area contributed by atoms with Crippen molar-refractivity contribution in [2.24, 2.45) is 0 Å². The van der Waals surface area contributed by atoms with Crippen molar-refractivity contribution >= 4 is 17.9 Å². The van der Waals surface area contributed by atoms with Crippen molar-refractivity contribution in [1.29, 1.82) is 0 Å². The molecule has 0 amide bonds. The summed E-state index contributed by atoms with van der Waals surface area (Å²) in [5, 5.41) is 0. The van der Waals surface area contributed by atoms with Crippen molar-refractivity contribution < 1.29 is 28.6 Å². The number of rotatable bonds is 43. The fourth-order valence-electron chi connectivity index (χ4n) is 6.36. The second kappa shape index (κ2) is 49.7. The van der Waals surface area contributed by atoms with Crippen LogP contribution in [-0.2, 0) is 28.6 Å². The van der Waals surface area contributed by atoms with Gasteiger partial charge < -0.3 is 14.2 Å². The zero-order chi connectivity index (χ0) is 45.1. The van der Waals surface area contributed by atoms with Gasteiger partial charge in [0.25, 0.3) is 0 Å². The maximum absolute atomic E-state index is 12.8. The molecule has 0 saturated carbocycles. The number of ether oxygens (including phenoxy) is 3. The van der Waals surface area contributed by atoms with Gasteiger partial charge in [-0.2, -0.15) is 0 Å². The summed E-state index contributed by atoms with van der Waals surface area (Å²) in [6, 6.07) is 0. The minimum Gasteiger partial charge on any atom is -0.462 e. The predicted molar refractivity (Wildman–Crippen MR) is 265 cm³/mol. The molecule has 1 unspecified atom stereocenters. The molecule has 0 aromatic heterocycles. The van der Waals surface area contributed by atoms with E-state index in [1.54, 1.807) is 0 Å². The van der Waals surface area contributed by atoms with E-state index >= 15 is 0 Å². The van der Waals surface area contributed by atoms with Gasteiger partial charge in [0.2, 0.25) is 0 Å². The van der Waals surface area contributed by atoms with Crippen molar-refractivity contribution in [1.82, 2.24) is 0 Å². The van der Waals surface area contributed by atoms with Crippen LogP contribution in [0.25, 0.3) is 0 Å². The van der Waals surface area contributed by atoms with Crippen LogP contribution in [0.5, 0.6) is 0 Å². The Labute approximate surface area is 380 Å². The molecule has 0 heterocycles. The Bertz CT molecular complexity index is 1310. The highest BCUT2D eigenvalue weighted by atomic mass is 16.6. The third-order valence-corrected chi connectivity index (χ3v) is 10.1. The molecule has 6 nitrogen and oxygen atoms in total. The van der Waals surface area contributed by atoms with Gasteiger partial charge in [-0.15, -0.1) is 0 Å². The van der Waals surface area contributed by atoms with Crippen molar-refractivity contribution in [3.63, 3.8) is 0 Å². The Balaban J connectivity index is 4.59. The number of allylic oxidation sites excluding steroid dienone is 18. The minimum atomic E-state index is -0.836. The lowest BCUT2D eigenvalue weighted by Gasteiger charge is -2.18. The summed E-state index contributed by atoms with van der Waals surface area (Å²) in [5.41, 5.74) is 0. The first-order valence-electron chi connectivity index (χ1n) is 25.0. The molecule has 0 aliphatic rings. The summed E-state index contributed by atoms with van der Waals surface area (Å²) in [6.45, 7) is 6.34. The summed E-state index contributed by atoms with van der Waals surface area (Å²) >= 11 is 0. The van der Waals surface area contributed by atoms with Crippen molar-refractivity contribution in [2.75, 3.05) is 13.2 Å². The molecule has 1 atom stereocenters. The summed E-state index contributed by atoms with van der Waals surface area (Å²) in [4.78, 5) is 37.9. The first kappa shape index (κ1) is 58.1. The van der Waals surface area contributed by atoms with Crippen LogP contribution in [0.15, 0.2) is 109 Å². The number of carbonyl (C=O) groups is 3. The molecule has 6 heteroatoms. The Morgan fingerprint density at radius 1 is 0.355 bits per heavy atom. The fraction of sp³-hybridized carbons (Fsp3) is 0.625. The standard InChI is InChI=1S/C56H90O6/c1-4-7-10-13-16-19-22-25-27-28-29-32-34-37-40-43-46-49-55(58)61-52-53(51-60-54(57)48-45-42-39-36-33-30-24-21-18-15-12-9-6-3)62-56(59)50-47-44-41-38-35-31-26-23-20-17-14-11-8-5-2/h9,12,15,18,21,24-25,27,29-33,35-37,39-40,53H,4-8,10-11,13-14,16-17,19-20,22-23,26,28,34,38,41-52H2,1-3H3/b12-9+,18-15+,24-21+,27-25+,32-29+,33-30+,35-31+,39-36+,40-37+. The second-order valence-electron chi connectivity index (χ2n) is 16.1. The number of hydrogen-bond donors (Lipinski definition) is 0. The lowest BCUT2D eigenvalue weighted by molar-refractivity contribution is -0.167. The van der Waals surface area contributed by atoms with Gasteiger partial charge in [-0.1, -0.05) is 207 Å². The van der Waals surface area contributed by atoms with E-state index in [4.69, 9.17) is 14.2 Å². The quantitative estimate of drug-likeness (QED) is 0.0200. The molecule has 0 rings (SSSR count). The van der Waals surface area contributed by atoms with Gasteiger partial charge >= 0.3 is 17.9 Å². The SMILES string of the molecule is CC/C=C/C=C/C=C/C=C/C=C/CCCC(=O)OCC(COC(=O)CCC/C=C/C/C=C/C/C=C/CCCCCCCC)OC(=O)CCCCC/C=C/CCCCCCCCC. The average molecular weight is 859 g/mol. The van der Waals surface area contributed by atoms with E-state index in [0.29, 0.717) is 12.8 Å². The van der Waals surface area contributed by atoms with Gasteiger partial charge in [-0.25, -0.2) is 0 Å². The Kier molecular flexibility index (Phi) is 46.6. The monoisotopic (exact) mass is 859 g/mol. The molecular weight excluding hydrogens is 769 g/mol. The lowest BCUT2D eigenvalue weighted by atomic mass is 10.1. The summed E-state index contributed by atoms with van der Waals surface area (Å²) < 4.78 is 16.6. The summed E-state index contributed by atoms with van der Waals surface area (Å²) in [7, 11) is 0. The first-order valence-corrected chi connectivity index (χ1v) is 25.0. The molecule has 0 aromatic rings. The third-order valence-electron chi connectivity index (χ3n) is 10.1. The van der Waals surface area contributed by atoms with Crippen LogP contribution in [0.1, 0.15) is 207 Å². The van der Waals surface area contributed by atoms with Crippen molar-refractivity contribution in [3.05, 3.63) is 109 Å². The van der Waals surface area contributed by atoms with Crippen LogP contribution in [0.3, 0.4) is 0 Å². The predicted octanol–water partition coefficient (Wildman–Crippen LogP) is 16.4. The van der Waals surface area contributed by atoms with E-state index in [9.17, 15) is 14.4 Å². The molecule has 0 fully saturated rings. The van der Waals surface area contributed by atoms with E-state index in [2.05, 4.69) is 75.5 Å². The molecule has 62 heavy (non-hydrogen) atoms. The zero-order valence-electron chi connectivity index (χ0n) is 39.8. The largest absolute Gasteiger partial charge is 0.462 e. The molecule has 0 spiro atoms. The molecule has 0 N–H and O–H groups in total. The van der Waals surface area contributed by atoms with Gasteiger partial charge in [0.15, 0.2) is 6.10 Å². The van der Waals surface area contributed by atoms with Gasteiger partial charge in [-0.05, 0) is 89.9 Å². The van der Waals surface area contributed by atoms with Crippen LogP contribution in [0.2, 0.25) is 0 Å². The van der Waals surface area contributed by atoms with Crippen molar-refractivity contribution in [3.8, 4) is 0 Å². The Hall–Kier alpha value is -3.93. The van der Waals surface area contributed by atoms with Gasteiger partial charge in [0.1, 0.15) is 13.2 Å². The second-order valence-corrected chi connectivity index (χ2v) is 16.1. The average Bonchev–Trinajstić information content (AvgIpc) is 3.27. The van der Waals surface area contributed by atoms with E-state index in [1.807, 2.05) is 54.7 Å². The molecule has 0 aromatic carbocycles. The van der Waals surface area contributed by atoms with Crippen LogP contribution in [-0.4, -0.2) is 37.2 Å². The van der Waals surface area contributed by atoms with Gasteiger partial charge in [0.05, 0.1) is 0 Å². The van der Waals surface area contributed by atoms with Crippen LogP contribution < -0.4 is 0 Å². The van der Waals surface area contributed by atoms with Crippen LogP contribution in [0.4, 0.5) is 0 Å². The highest BCUT2D eigenvalue weighted by molar-refractivity contribution is 5.71. The summed E-state index contributed by atoms with van der Waals surface area (Å²) in [5.74, 6) is -1.08. The Morgan fingerprint density at radius 3 is 1.19 bits per heavy atom. The molecule has 0 aliphatic carbocycles. The van der Waals surface area contributed by atoms with E-state index in [0.717, 1.165) is 64.2 Å². The van der Waals surface area contributed by atoms with Crippen molar-refractivity contribution in [2.45, 2.75) is 213 Å². The number of carbonyl (C=O) groups excluding carboxylic acids is 3. The van der Waals surface area contributed by atoms with E-state index < -0.39 is 6.10 Å². The molecule has 0 bridgehead atoms. The van der Waals surface area contributed by atoms with Crippen LogP contribution >= 0.6 is 0 Å². The number of hydrogen-bond acceptors (Lipinski definition) is 6. The summed E-state index contributed by atoms with van der Waals surface area (Å²) in [6.07, 6.45) is 66.6. The zero-order valence-corrected chi connectivity index (χ0v) is 39.8. The molecule has 350 valence electrons. The van der Waals surface area contributed by atoms with E-state index in [-0.39, 0.29) is 50.4 Å². The van der Waals surface area contributed by atoms with Crippen LogP contribution in [0, 0.1) is 0 Å². The van der Waals surface area contributed by atoms with E-state index in [1.165, 1.54) is 89.9 Å². The fourth-order valence-corrected chi connectivity index (χ4v) is 6.36. The maximum atomic E-state index is 12.8. The minimum absolute atomic E-state index is 0.135. The third kappa shape index (κ3) is 47.1. The highest BCUT2D eigenvalue weighted by Gasteiger charge is 2.19. The smallest absolute Gasteiger partial charge is 0.306 e. The molecule has 0 saturated heterocycles. The number of esters is 3. The topological polar surface area (TPSA) is 78.9 Å². The normalized spacial score (nSPS) is 13.0. The Morgan fingerprint density at radius 2 is 0.710 bits per heavy atom. The molecule has 0 aliphatic heterocycles. The molecular formula is C56H90O6. The highest BCUT2D eigenvalue weighted by Crippen LogP contribution is 2.12. The lowest BCUT2D eigenvalue weighted by Crippen LogP contribution is -2.30. The maximum Gasteiger partial charge on any atom is 0.306 e. The first-order chi connectivity index (χ1) is 30.5. The van der Waals surface area contributed by atoms with Gasteiger partial charge in [-0.3, -0.25) is 14.4 Å². The number of unbranched alkanes of at least 4 members (excludes halogenated alkanes) is 18. The molecule has 0 radical (unpaired) electrons.